The zero-order chi connectivity index (χ0) is 8.20. The highest BCUT2D eigenvalue weighted by Gasteiger charge is 2.32. The van der Waals surface area contributed by atoms with E-state index in [-0.39, 0.29) is 6.42 Å². The highest BCUT2D eigenvalue weighted by molar-refractivity contribution is 4.94. The Labute approximate surface area is 58.6 Å². The van der Waals surface area contributed by atoms with Crippen LogP contribution in [0.2, 0.25) is 0 Å². The number of hydrogen-bond acceptors (Lipinski definition) is 0. The molecule has 2 nitrogen and oxygen atoms in total. The summed E-state index contributed by atoms with van der Waals surface area (Å²) in [5, 5.41) is 0. The lowest BCUT2D eigenvalue weighted by molar-refractivity contribution is -0.434. The molecule has 1 atom stereocenters. The highest BCUT2D eigenvalue weighted by Crippen LogP contribution is 2.15. The van der Waals surface area contributed by atoms with Gasteiger partial charge in [0.1, 0.15) is 6.54 Å². The minimum atomic E-state index is -2.75. The first-order valence-corrected chi connectivity index (χ1v) is 2.98. The van der Waals surface area contributed by atoms with Crippen LogP contribution in [0.25, 0.3) is 0 Å². The Morgan fingerprint density at radius 1 is 1.60 bits per heavy atom. The molecule has 0 amide bonds. The molecule has 0 aliphatic rings. The lowest BCUT2D eigenvalue weighted by Gasteiger charge is -2.10. The van der Waals surface area contributed by atoms with Gasteiger partial charge in [-0.1, -0.05) is 0 Å². The molecule has 0 bridgehead atoms. The van der Waals surface area contributed by atoms with Gasteiger partial charge in [0.05, 0.1) is 6.42 Å². The van der Waals surface area contributed by atoms with Crippen LogP contribution in [0, 0.1) is 12.3 Å². The van der Waals surface area contributed by atoms with E-state index < -0.39 is 18.5 Å². The molecule has 0 aromatic heterocycles. The van der Waals surface area contributed by atoms with Gasteiger partial charge in [-0.3, -0.25) is 0 Å². The van der Waals surface area contributed by atoms with E-state index in [0.29, 0.717) is 0 Å². The third kappa shape index (κ3) is 3.38. The molecule has 0 aromatic carbocycles. The van der Waals surface area contributed by atoms with Gasteiger partial charge in [0.2, 0.25) is 0 Å². The normalized spacial score (nSPS) is 14.3. The largest absolute Gasteiger partial charge is 0.353 e. The second-order valence-corrected chi connectivity index (χ2v) is 2.17. The fourth-order valence-corrected chi connectivity index (χ4v) is 0.521. The van der Waals surface area contributed by atoms with Crippen molar-refractivity contribution in [2.24, 2.45) is 0 Å². The minimum absolute atomic E-state index is 0.368. The van der Waals surface area contributed by atoms with Crippen molar-refractivity contribution < 1.29 is 20.2 Å². The van der Waals surface area contributed by atoms with Gasteiger partial charge in [0.25, 0.3) is 0 Å². The Bertz CT molecular complexity index is 139. The van der Waals surface area contributed by atoms with Crippen molar-refractivity contribution in [3.05, 3.63) is 0 Å². The predicted octanol–water partition coefficient (Wildman–Crippen LogP) is -1.50. The topological polar surface area (TPSA) is 55.3 Å². The highest BCUT2D eigenvalue weighted by atomic mass is 19.3. The third-order valence-corrected chi connectivity index (χ3v) is 1.15. The summed E-state index contributed by atoms with van der Waals surface area (Å²) in [6.07, 6.45) is 4.50. The van der Waals surface area contributed by atoms with Crippen LogP contribution in [0.1, 0.15) is 6.42 Å². The number of terminal acetylenes is 1. The zero-order valence-electron chi connectivity index (χ0n) is 5.74. The molecule has 4 heteroatoms. The molecule has 6 N–H and O–H groups in total. The first kappa shape index (κ1) is 9.34. The van der Waals surface area contributed by atoms with Crippen LogP contribution in [0.4, 0.5) is 8.78 Å². The van der Waals surface area contributed by atoms with Gasteiger partial charge in [-0.2, -0.15) is 0 Å². The van der Waals surface area contributed by atoms with Gasteiger partial charge in [-0.25, -0.2) is 8.78 Å². The van der Waals surface area contributed by atoms with Crippen LogP contribution in [0.15, 0.2) is 0 Å². The fraction of sp³-hybridized carbons (Fsp3) is 0.667. The standard InChI is InChI=1S/C6H10F2N2/c1-2-5(10)3-6(7,8)4-9/h1,5H,3-4,9-10H2/p+2. The lowest BCUT2D eigenvalue weighted by atomic mass is 10.1. The number of alkyl halides is 2. The van der Waals surface area contributed by atoms with Gasteiger partial charge < -0.3 is 11.5 Å². The van der Waals surface area contributed by atoms with Crippen molar-refractivity contribution >= 4 is 0 Å². The summed E-state index contributed by atoms with van der Waals surface area (Å²) in [7, 11) is 0. The Morgan fingerprint density at radius 2 is 2.10 bits per heavy atom. The molecule has 0 radical (unpaired) electrons. The summed E-state index contributed by atoms with van der Waals surface area (Å²) in [5.74, 6) is -0.615. The van der Waals surface area contributed by atoms with Crippen LogP contribution in [-0.4, -0.2) is 18.5 Å². The molecule has 0 aromatic rings. The van der Waals surface area contributed by atoms with Gasteiger partial charge in [0, 0.05) is 0 Å². The summed E-state index contributed by atoms with van der Waals surface area (Å²) in [4.78, 5) is 0. The first-order chi connectivity index (χ1) is 4.52. The molecular formula is C6H12F2N2+2. The Hall–Kier alpha value is -0.660. The van der Waals surface area contributed by atoms with Crippen LogP contribution in [0.3, 0.4) is 0 Å². The van der Waals surface area contributed by atoms with E-state index >= 15 is 0 Å². The second kappa shape index (κ2) is 3.49. The van der Waals surface area contributed by atoms with E-state index in [1.165, 1.54) is 0 Å². The Kier molecular flexibility index (Phi) is 3.26. The molecule has 10 heavy (non-hydrogen) atoms. The SMILES string of the molecule is C#CC([NH3+])CC(F)(F)C[NH3+]. The number of halogens is 2. The third-order valence-electron chi connectivity index (χ3n) is 1.15. The molecule has 0 aliphatic carbocycles. The van der Waals surface area contributed by atoms with Crippen LogP contribution in [0.5, 0.6) is 0 Å². The summed E-state index contributed by atoms with van der Waals surface area (Å²) in [6, 6.07) is -0.614. The van der Waals surface area contributed by atoms with Crippen molar-refractivity contribution in [3.63, 3.8) is 0 Å². The number of rotatable bonds is 3. The van der Waals surface area contributed by atoms with Crippen molar-refractivity contribution in [2.75, 3.05) is 6.54 Å². The maximum atomic E-state index is 12.4. The van der Waals surface area contributed by atoms with Crippen LogP contribution in [-0.2, 0) is 0 Å². The van der Waals surface area contributed by atoms with Gasteiger partial charge in [-0.05, 0) is 5.92 Å². The predicted molar refractivity (Wildman–Crippen MR) is 32.8 cm³/mol. The summed E-state index contributed by atoms with van der Waals surface area (Å²) >= 11 is 0. The van der Waals surface area contributed by atoms with E-state index in [0.717, 1.165) is 0 Å². The van der Waals surface area contributed by atoms with Gasteiger partial charge >= 0.3 is 5.92 Å². The van der Waals surface area contributed by atoms with Crippen molar-refractivity contribution in [1.82, 2.24) is 0 Å². The Balaban J connectivity index is 3.79. The van der Waals surface area contributed by atoms with E-state index in [1.807, 2.05) is 0 Å². The van der Waals surface area contributed by atoms with Crippen LogP contribution >= 0.6 is 0 Å². The average Bonchev–Trinajstić information content (AvgIpc) is 1.87. The molecular weight excluding hydrogens is 138 g/mol. The van der Waals surface area contributed by atoms with E-state index in [4.69, 9.17) is 6.42 Å². The van der Waals surface area contributed by atoms with Crippen LogP contribution < -0.4 is 11.5 Å². The maximum Gasteiger partial charge on any atom is 0.302 e. The Morgan fingerprint density at radius 3 is 2.40 bits per heavy atom. The average molecular weight is 150 g/mol. The molecule has 1 unspecified atom stereocenters. The molecule has 0 fully saturated rings. The first-order valence-electron chi connectivity index (χ1n) is 2.98. The number of quaternary nitrogens is 2. The molecule has 0 saturated heterocycles. The fourth-order valence-electron chi connectivity index (χ4n) is 0.521. The summed E-state index contributed by atoms with van der Waals surface area (Å²) < 4.78 is 24.8. The molecule has 0 heterocycles. The second-order valence-electron chi connectivity index (χ2n) is 2.17. The van der Waals surface area contributed by atoms with E-state index in [2.05, 4.69) is 17.4 Å². The lowest BCUT2D eigenvalue weighted by Crippen LogP contribution is -2.65. The molecule has 0 saturated carbocycles. The van der Waals surface area contributed by atoms with E-state index in [9.17, 15) is 8.78 Å². The molecule has 0 rings (SSSR count). The van der Waals surface area contributed by atoms with Gasteiger partial charge in [0.15, 0.2) is 6.04 Å². The van der Waals surface area contributed by atoms with Crippen molar-refractivity contribution in [2.45, 2.75) is 18.4 Å². The summed E-state index contributed by atoms with van der Waals surface area (Å²) in [6.45, 7) is -0.416. The minimum Gasteiger partial charge on any atom is -0.353 e. The zero-order valence-corrected chi connectivity index (χ0v) is 5.74. The van der Waals surface area contributed by atoms with E-state index in [1.54, 1.807) is 0 Å². The molecule has 0 spiro atoms. The quantitative estimate of drug-likeness (QED) is 0.460. The molecule has 0 aliphatic heterocycles. The summed E-state index contributed by atoms with van der Waals surface area (Å²) in [5.41, 5.74) is 6.44. The number of hydrogen-bond donors (Lipinski definition) is 2. The van der Waals surface area contributed by atoms with Gasteiger partial charge in [-0.15, -0.1) is 6.42 Å². The molecule has 58 valence electrons. The smallest absolute Gasteiger partial charge is 0.302 e. The van der Waals surface area contributed by atoms with Crippen molar-refractivity contribution in [1.29, 1.82) is 0 Å². The van der Waals surface area contributed by atoms with Crippen molar-refractivity contribution in [3.8, 4) is 12.3 Å². The maximum absolute atomic E-state index is 12.4. The monoisotopic (exact) mass is 150 g/mol.